The highest BCUT2D eigenvalue weighted by atomic mass is 16.6. The standard InChI is InChI=1S/C17H20N2O2/c1-13(17(18-2)15-6-4-3-5-7-15)12-14-8-10-16(11-9-14)19(20)21/h3-11,13,17-18H,12H2,1-2H3. The summed E-state index contributed by atoms with van der Waals surface area (Å²) in [6.07, 6.45) is 0.873. The molecule has 0 aromatic heterocycles. The number of hydrogen-bond acceptors (Lipinski definition) is 3. The molecule has 2 unspecified atom stereocenters. The Kier molecular flexibility index (Phi) is 5.06. The summed E-state index contributed by atoms with van der Waals surface area (Å²) < 4.78 is 0. The molecule has 4 heteroatoms. The first kappa shape index (κ1) is 15.2. The second kappa shape index (κ2) is 6.99. The summed E-state index contributed by atoms with van der Waals surface area (Å²) in [6, 6.07) is 17.4. The van der Waals surface area contributed by atoms with E-state index in [1.807, 2.05) is 37.4 Å². The molecule has 0 heterocycles. The Balaban J connectivity index is 2.09. The average Bonchev–Trinajstić information content (AvgIpc) is 2.49. The van der Waals surface area contributed by atoms with Gasteiger partial charge in [-0.3, -0.25) is 10.1 Å². The van der Waals surface area contributed by atoms with Crippen LogP contribution < -0.4 is 5.32 Å². The van der Waals surface area contributed by atoms with E-state index in [1.165, 1.54) is 5.56 Å². The lowest BCUT2D eigenvalue weighted by atomic mass is 9.89. The average molecular weight is 284 g/mol. The third-order valence-electron chi connectivity index (χ3n) is 3.74. The Hall–Kier alpha value is -2.20. The van der Waals surface area contributed by atoms with E-state index in [1.54, 1.807) is 12.1 Å². The minimum atomic E-state index is -0.367. The SMILES string of the molecule is CNC(c1ccccc1)C(C)Cc1ccc([N+](=O)[O-])cc1. The molecule has 0 saturated carbocycles. The summed E-state index contributed by atoms with van der Waals surface area (Å²) in [6.45, 7) is 2.19. The van der Waals surface area contributed by atoms with Crippen molar-refractivity contribution < 1.29 is 4.92 Å². The van der Waals surface area contributed by atoms with Crippen molar-refractivity contribution in [2.24, 2.45) is 5.92 Å². The predicted molar refractivity (Wildman–Crippen MR) is 84.2 cm³/mol. The molecule has 1 N–H and O–H groups in total. The molecule has 2 rings (SSSR count). The van der Waals surface area contributed by atoms with E-state index in [9.17, 15) is 10.1 Å². The zero-order valence-electron chi connectivity index (χ0n) is 12.3. The van der Waals surface area contributed by atoms with Crippen molar-refractivity contribution in [1.82, 2.24) is 5.32 Å². The third-order valence-corrected chi connectivity index (χ3v) is 3.74. The van der Waals surface area contributed by atoms with E-state index >= 15 is 0 Å². The van der Waals surface area contributed by atoms with Gasteiger partial charge in [0.25, 0.3) is 5.69 Å². The van der Waals surface area contributed by atoms with Crippen LogP contribution in [0.15, 0.2) is 54.6 Å². The molecule has 21 heavy (non-hydrogen) atoms. The smallest absolute Gasteiger partial charge is 0.269 e. The highest BCUT2D eigenvalue weighted by molar-refractivity contribution is 5.33. The minimum absolute atomic E-state index is 0.139. The molecule has 110 valence electrons. The van der Waals surface area contributed by atoms with Crippen molar-refractivity contribution in [2.75, 3.05) is 7.05 Å². The Morgan fingerprint density at radius 3 is 2.24 bits per heavy atom. The lowest BCUT2D eigenvalue weighted by Gasteiger charge is -2.24. The summed E-state index contributed by atoms with van der Waals surface area (Å²) in [5.74, 6) is 0.388. The van der Waals surface area contributed by atoms with E-state index in [4.69, 9.17) is 0 Å². The maximum Gasteiger partial charge on any atom is 0.269 e. The van der Waals surface area contributed by atoms with Crippen LogP contribution in [0.2, 0.25) is 0 Å². The minimum Gasteiger partial charge on any atom is -0.313 e. The second-order valence-electron chi connectivity index (χ2n) is 5.28. The van der Waals surface area contributed by atoms with Crippen LogP contribution in [-0.2, 0) is 6.42 Å². The fourth-order valence-corrected chi connectivity index (χ4v) is 2.68. The van der Waals surface area contributed by atoms with Crippen molar-refractivity contribution in [1.29, 1.82) is 0 Å². The van der Waals surface area contributed by atoms with Gasteiger partial charge < -0.3 is 5.32 Å². The lowest BCUT2D eigenvalue weighted by molar-refractivity contribution is -0.384. The fraction of sp³-hybridized carbons (Fsp3) is 0.294. The third kappa shape index (κ3) is 3.89. The molecule has 2 atom stereocenters. The van der Waals surface area contributed by atoms with Crippen LogP contribution in [0.1, 0.15) is 24.1 Å². The number of rotatable bonds is 6. The Bertz CT molecular complexity index is 581. The molecular formula is C17H20N2O2. The number of nitrogens with one attached hydrogen (secondary N) is 1. The van der Waals surface area contributed by atoms with Crippen molar-refractivity contribution >= 4 is 5.69 Å². The Morgan fingerprint density at radius 1 is 1.10 bits per heavy atom. The number of hydrogen-bond donors (Lipinski definition) is 1. The number of nitro groups is 1. The van der Waals surface area contributed by atoms with Crippen LogP contribution in [0.3, 0.4) is 0 Å². The summed E-state index contributed by atoms with van der Waals surface area (Å²) in [5.41, 5.74) is 2.51. The van der Waals surface area contributed by atoms with Gasteiger partial charge in [-0.25, -0.2) is 0 Å². The highest BCUT2D eigenvalue weighted by Crippen LogP contribution is 2.25. The Labute approximate surface area is 125 Å². The van der Waals surface area contributed by atoms with Crippen molar-refractivity contribution in [3.05, 3.63) is 75.8 Å². The largest absolute Gasteiger partial charge is 0.313 e. The van der Waals surface area contributed by atoms with Crippen LogP contribution >= 0.6 is 0 Å². The molecule has 2 aromatic carbocycles. The summed E-state index contributed by atoms with van der Waals surface area (Å²) in [5, 5.41) is 14.0. The first-order valence-electron chi connectivity index (χ1n) is 7.07. The van der Waals surface area contributed by atoms with Gasteiger partial charge in [-0.15, -0.1) is 0 Å². The Morgan fingerprint density at radius 2 is 1.71 bits per heavy atom. The van der Waals surface area contributed by atoms with E-state index in [0.29, 0.717) is 5.92 Å². The molecule has 2 aromatic rings. The van der Waals surface area contributed by atoms with Crippen LogP contribution in [0.25, 0.3) is 0 Å². The quantitative estimate of drug-likeness (QED) is 0.649. The number of nitrogens with zero attached hydrogens (tertiary/aromatic N) is 1. The van der Waals surface area contributed by atoms with Gasteiger partial charge in [0.15, 0.2) is 0 Å². The van der Waals surface area contributed by atoms with Gasteiger partial charge in [0.2, 0.25) is 0 Å². The monoisotopic (exact) mass is 284 g/mol. The molecule has 0 bridgehead atoms. The van der Waals surface area contributed by atoms with E-state index in [-0.39, 0.29) is 16.7 Å². The lowest BCUT2D eigenvalue weighted by Crippen LogP contribution is -2.24. The molecule has 0 aliphatic rings. The van der Waals surface area contributed by atoms with Crippen LogP contribution in [0.5, 0.6) is 0 Å². The number of benzene rings is 2. The predicted octanol–water partition coefficient (Wildman–Crippen LogP) is 3.73. The maximum atomic E-state index is 10.7. The first-order chi connectivity index (χ1) is 10.1. The second-order valence-corrected chi connectivity index (χ2v) is 5.28. The molecule has 0 amide bonds. The summed E-state index contributed by atoms with van der Waals surface area (Å²) >= 11 is 0. The van der Waals surface area contributed by atoms with Crippen molar-refractivity contribution in [2.45, 2.75) is 19.4 Å². The molecule has 0 aliphatic carbocycles. The van der Waals surface area contributed by atoms with E-state index in [0.717, 1.165) is 12.0 Å². The molecule has 0 saturated heterocycles. The maximum absolute atomic E-state index is 10.7. The number of non-ortho nitro benzene ring substituents is 1. The molecule has 0 fully saturated rings. The van der Waals surface area contributed by atoms with E-state index in [2.05, 4.69) is 24.4 Å². The van der Waals surface area contributed by atoms with Crippen molar-refractivity contribution in [3.8, 4) is 0 Å². The van der Waals surface area contributed by atoms with Crippen LogP contribution in [0.4, 0.5) is 5.69 Å². The molecule has 0 radical (unpaired) electrons. The zero-order valence-corrected chi connectivity index (χ0v) is 12.3. The van der Waals surface area contributed by atoms with Gasteiger partial charge in [-0.2, -0.15) is 0 Å². The van der Waals surface area contributed by atoms with E-state index < -0.39 is 0 Å². The molecule has 0 aliphatic heterocycles. The normalized spacial score (nSPS) is 13.6. The summed E-state index contributed by atoms with van der Waals surface area (Å²) in [4.78, 5) is 10.3. The van der Waals surface area contributed by atoms with Crippen LogP contribution in [0, 0.1) is 16.0 Å². The highest BCUT2D eigenvalue weighted by Gasteiger charge is 2.18. The number of nitro benzene ring substituents is 1. The van der Waals surface area contributed by atoms with Gasteiger partial charge in [0, 0.05) is 18.2 Å². The topological polar surface area (TPSA) is 55.2 Å². The van der Waals surface area contributed by atoms with Gasteiger partial charge in [0.1, 0.15) is 0 Å². The molecule has 4 nitrogen and oxygen atoms in total. The first-order valence-corrected chi connectivity index (χ1v) is 7.07. The summed E-state index contributed by atoms with van der Waals surface area (Å²) in [7, 11) is 1.96. The molecule has 0 spiro atoms. The van der Waals surface area contributed by atoms with Gasteiger partial charge in [-0.05, 0) is 30.5 Å². The fourth-order valence-electron chi connectivity index (χ4n) is 2.68. The molecular weight excluding hydrogens is 264 g/mol. The van der Waals surface area contributed by atoms with Gasteiger partial charge in [-0.1, -0.05) is 49.4 Å². The zero-order chi connectivity index (χ0) is 15.2. The van der Waals surface area contributed by atoms with Gasteiger partial charge in [0.05, 0.1) is 4.92 Å². The van der Waals surface area contributed by atoms with Gasteiger partial charge >= 0.3 is 0 Å². The van der Waals surface area contributed by atoms with Crippen LogP contribution in [-0.4, -0.2) is 12.0 Å². The van der Waals surface area contributed by atoms with Crippen molar-refractivity contribution in [3.63, 3.8) is 0 Å².